The largest absolute Gasteiger partial charge is 0.481 e. The third kappa shape index (κ3) is 8.34. The molecule has 0 unspecified atom stereocenters. The summed E-state index contributed by atoms with van der Waals surface area (Å²) in [6.45, 7) is 6.79. The molecule has 0 heterocycles. The Morgan fingerprint density at radius 3 is 2.30 bits per heavy atom. The maximum atomic E-state index is 11.9. The fourth-order valence-corrected chi connectivity index (χ4v) is 1.66. The van der Waals surface area contributed by atoms with Gasteiger partial charge >= 0.3 is 12.0 Å². The van der Waals surface area contributed by atoms with Gasteiger partial charge in [0.1, 0.15) is 0 Å². The van der Waals surface area contributed by atoms with Gasteiger partial charge in [0.05, 0.1) is 0 Å². The molecule has 116 valence electrons. The lowest BCUT2D eigenvalue weighted by Gasteiger charge is -2.26. The number of urea groups is 1. The van der Waals surface area contributed by atoms with Crippen LogP contribution in [0.3, 0.4) is 0 Å². The predicted octanol–water partition coefficient (Wildman–Crippen LogP) is 0.797. The number of carboxylic acid groups (broad SMARTS) is 1. The third-order valence-corrected chi connectivity index (χ3v) is 2.68. The van der Waals surface area contributed by atoms with Crippen LogP contribution in [0.4, 0.5) is 4.79 Å². The van der Waals surface area contributed by atoms with Gasteiger partial charge in [-0.1, -0.05) is 0 Å². The molecule has 0 saturated carbocycles. The summed E-state index contributed by atoms with van der Waals surface area (Å²) in [4.78, 5) is 35.2. The smallest absolute Gasteiger partial charge is 0.317 e. The molecule has 0 aromatic rings. The highest BCUT2D eigenvalue weighted by molar-refractivity contribution is 5.78. The lowest BCUT2D eigenvalue weighted by atomic mass is 10.2. The minimum atomic E-state index is -0.870. The maximum Gasteiger partial charge on any atom is 0.317 e. The SMILES string of the molecule is CCNC(=O)CCNC(=O)N(CCCC(=O)O)C(C)C. The maximum absolute atomic E-state index is 11.9. The highest BCUT2D eigenvalue weighted by Crippen LogP contribution is 2.02. The first-order valence-electron chi connectivity index (χ1n) is 6.91. The second-order valence-corrected chi connectivity index (χ2v) is 4.72. The number of nitrogens with one attached hydrogen (secondary N) is 2. The molecule has 0 atom stereocenters. The molecule has 0 aliphatic heterocycles. The minimum Gasteiger partial charge on any atom is -0.481 e. The summed E-state index contributed by atoms with van der Waals surface area (Å²) in [6.07, 6.45) is 0.688. The molecule has 0 aromatic carbocycles. The van der Waals surface area contributed by atoms with Crippen molar-refractivity contribution in [2.75, 3.05) is 19.6 Å². The van der Waals surface area contributed by atoms with Crippen LogP contribution in [-0.2, 0) is 9.59 Å². The van der Waals surface area contributed by atoms with Crippen LogP contribution in [-0.4, -0.2) is 53.6 Å². The number of carboxylic acids is 1. The number of amides is 3. The Labute approximate surface area is 119 Å². The Bertz CT molecular complexity index is 332. The van der Waals surface area contributed by atoms with E-state index < -0.39 is 5.97 Å². The summed E-state index contributed by atoms with van der Waals surface area (Å²) in [5.41, 5.74) is 0. The molecule has 0 rings (SSSR count). The molecule has 0 fully saturated rings. The number of hydrogen-bond donors (Lipinski definition) is 3. The molecule has 0 saturated heterocycles. The van der Waals surface area contributed by atoms with Crippen molar-refractivity contribution in [1.29, 1.82) is 0 Å². The van der Waals surface area contributed by atoms with E-state index in [0.717, 1.165) is 0 Å². The van der Waals surface area contributed by atoms with Gasteiger partial charge in [0.25, 0.3) is 0 Å². The molecule has 0 spiro atoms. The van der Waals surface area contributed by atoms with Crippen molar-refractivity contribution in [2.45, 2.75) is 46.1 Å². The molecular formula is C13H25N3O4. The van der Waals surface area contributed by atoms with Crippen molar-refractivity contribution in [2.24, 2.45) is 0 Å². The van der Waals surface area contributed by atoms with Gasteiger partial charge in [-0.25, -0.2) is 4.79 Å². The summed E-state index contributed by atoms with van der Waals surface area (Å²) in [6, 6.07) is -0.289. The van der Waals surface area contributed by atoms with Crippen LogP contribution in [0, 0.1) is 0 Å². The monoisotopic (exact) mass is 287 g/mol. The summed E-state index contributed by atoms with van der Waals surface area (Å²) in [5.74, 6) is -0.972. The third-order valence-electron chi connectivity index (χ3n) is 2.68. The van der Waals surface area contributed by atoms with Crippen LogP contribution in [0.2, 0.25) is 0 Å². The molecule has 7 heteroatoms. The molecule has 3 amide bonds. The van der Waals surface area contributed by atoms with Crippen molar-refractivity contribution >= 4 is 17.9 Å². The van der Waals surface area contributed by atoms with Crippen molar-refractivity contribution < 1.29 is 19.5 Å². The second kappa shape index (κ2) is 10.1. The molecule has 3 N–H and O–H groups in total. The fraction of sp³-hybridized carbons (Fsp3) is 0.769. The first-order chi connectivity index (χ1) is 9.38. The minimum absolute atomic E-state index is 0.0201. The van der Waals surface area contributed by atoms with Gasteiger partial charge in [-0.3, -0.25) is 9.59 Å². The Kier molecular flexibility index (Phi) is 9.15. The van der Waals surface area contributed by atoms with Gasteiger partial charge < -0.3 is 20.6 Å². The van der Waals surface area contributed by atoms with E-state index in [1.807, 2.05) is 20.8 Å². The zero-order valence-corrected chi connectivity index (χ0v) is 12.4. The van der Waals surface area contributed by atoms with E-state index in [4.69, 9.17) is 5.11 Å². The Balaban J connectivity index is 4.09. The van der Waals surface area contributed by atoms with E-state index in [1.165, 1.54) is 0 Å². The highest BCUT2D eigenvalue weighted by atomic mass is 16.4. The molecule has 0 aliphatic carbocycles. The van der Waals surface area contributed by atoms with E-state index in [-0.39, 0.29) is 37.4 Å². The molecule has 0 aliphatic rings. The second-order valence-electron chi connectivity index (χ2n) is 4.72. The van der Waals surface area contributed by atoms with E-state index in [2.05, 4.69) is 10.6 Å². The average Bonchev–Trinajstić information content (AvgIpc) is 2.33. The van der Waals surface area contributed by atoms with E-state index in [9.17, 15) is 14.4 Å². The normalized spacial score (nSPS) is 10.2. The lowest BCUT2D eigenvalue weighted by molar-refractivity contribution is -0.137. The van der Waals surface area contributed by atoms with Crippen molar-refractivity contribution in [3.05, 3.63) is 0 Å². The van der Waals surface area contributed by atoms with Crippen LogP contribution in [0.25, 0.3) is 0 Å². The number of rotatable bonds is 9. The first kappa shape index (κ1) is 18.2. The number of hydrogen-bond acceptors (Lipinski definition) is 3. The average molecular weight is 287 g/mol. The van der Waals surface area contributed by atoms with Gasteiger partial charge in [0.15, 0.2) is 0 Å². The zero-order valence-electron chi connectivity index (χ0n) is 12.4. The molecular weight excluding hydrogens is 262 g/mol. The zero-order chi connectivity index (χ0) is 15.5. The van der Waals surface area contributed by atoms with E-state index in [0.29, 0.717) is 19.5 Å². The van der Waals surface area contributed by atoms with Crippen LogP contribution in [0.1, 0.15) is 40.0 Å². The van der Waals surface area contributed by atoms with Crippen LogP contribution in [0.5, 0.6) is 0 Å². The van der Waals surface area contributed by atoms with Gasteiger partial charge in [0.2, 0.25) is 5.91 Å². The fourth-order valence-electron chi connectivity index (χ4n) is 1.66. The van der Waals surface area contributed by atoms with Crippen LogP contribution in [0.15, 0.2) is 0 Å². The van der Waals surface area contributed by atoms with Crippen molar-refractivity contribution in [1.82, 2.24) is 15.5 Å². The number of carbonyl (C=O) groups excluding carboxylic acids is 2. The summed E-state index contributed by atoms with van der Waals surface area (Å²) < 4.78 is 0. The highest BCUT2D eigenvalue weighted by Gasteiger charge is 2.16. The first-order valence-corrected chi connectivity index (χ1v) is 6.91. The van der Waals surface area contributed by atoms with Gasteiger partial charge in [-0.2, -0.15) is 0 Å². The number of nitrogens with zero attached hydrogens (tertiary/aromatic N) is 1. The molecule has 7 nitrogen and oxygen atoms in total. The molecule has 0 bridgehead atoms. The standard InChI is InChI=1S/C13H25N3O4/c1-4-14-11(17)7-8-15-13(20)16(10(2)3)9-5-6-12(18)19/h10H,4-9H2,1-3H3,(H,14,17)(H,15,20)(H,18,19). The number of carbonyl (C=O) groups is 3. The Morgan fingerprint density at radius 2 is 1.80 bits per heavy atom. The van der Waals surface area contributed by atoms with E-state index >= 15 is 0 Å². The van der Waals surface area contributed by atoms with Gasteiger partial charge in [-0.05, 0) is 27.2 Å². The Hall–Kier alpha value is -1.79. The quantitative estimate of drug-likeness (QED) is 0.584. The lowest BCUT2D eigenvalue weighted by Crippen LogP contribution is -2.45. The molecule has 0 radical (unpaired) electrons. The summed E-state index contributed by atoms with van der Waals surface area (Å²) >= 11 is 0. The van der Waals surface area contributed by atoms with Gasteiger partial charge in [0, 0.05) is 38.5 Å². The van der Waals surface area contributed by atoms with Crippen LogP contribution >= 0.6 is 0 Å². The number of aliphatic carboxylic acids is 1. The summed E-state index contributed by atoms with van der Waals surface area (Å²) in [7, 11) is 0. The Morgan fingerprint density at radius 1 is 1.15 bits per heavy atom. The van der Waals surface area contributed by atoms with Crippen molar-refractivity contribution in [3.63, 3.8) is 0 Å². The van der Waals surface area contributed by atoms with Crippen molar-refractivity contribution in [3.8, 4) is 0 Å². The van der Waals surface area contributed by atoms with Crippen LogP contribution < -0.4 is 10.6 Å². The topological polar surface area (TPSA) is 98.7 Å². The summed E-state index contributed by atoms with van der Waals surface area (Å²) in [5, 5.41) is 13.9. The predicted molar refractivity (Wildman–Crippen MR) is 75.4 cm³/mol. The molecule has 20 heavy (non-hydrogen) atoms. The van der Waals surface area contributed by atoms with E-state index in [1.54, 1.807) is 4.90 Å². The van der Waals surface area contributed by atoms with Gasteiger partial charge in [-0.15, -0.1) is 0 Å². The molecule has 0 aromatic heterocycles.